The third-order valence-corrected chi connectivity index (χ3v) is 12.7. The minimum Gasteiger partial charge on any atom is -0.391 e. The van der Waals surface area contributed by atoms with E-state index in [0.717, 1.165) is 44.9 Å². The van der Waals surface area contributed by atoms with Gasteiger partial charge in [0, 0.05) is 6.42 Å². The van der Waals surface area contributed by atoms with Gasteiger partial charge in [-0.05, 0) is 38.5 Å². The molecule has 0 bridgehead atoms. The molecule has 0 aliphatic carbocycles. The highest BCUT2D eigenvalue weighted by Gasteiger charge is 2.28. The van der Waals surface area contributed by atoms with Crippen molar-refractivity contribution in [2.24, 2.45) is 0 Å². The number of aliphatic hydroxyl groups excluding tert-OH is 1. The molecule has 0 fully saturated rings. The van der Waals surface area contributed by atoms with E-state index in [-0.39, 0.29) is 19.1 Å². The number of carbonyl (C=O) groups excluding carboxylic acids is 1. The Labute approximate surface area is 367 Å². The van der Waals surface area contributed by atoms with Crippen LogP contribution in [0.3, 0.4) is 0 Å². The first-order chi connectivity index (χ1) is 28.5. The fraction of sp³-hybridized carbons (Fsp3) is 0.940. The van der Waals surface area contributed by atoms with E-state index in [4.69, 9.17) is 9.05 Å². The molecule has 1 unspecified atom stereocenters. The Bertz CT molecular complexity index is 974. The highest BCUT2D eigenvalue weighted by molar-refractivity contribution is 7.47. The fourth-order valence-corrected chi connectivity index (χ4v) is 8.43. The number of carbonyl (C=O) groups is 1. The van der Waals surface area contributed by atoms with E-state index in [2.05, 4.69) is 31.3 Å². The Kier molecular flexibility index (Phi) is 42.0. The SMILES string of the molecule is CCCCCCCCCCC/C=C/CCCC[C@@H](O)[C@H](COP(=O)(O)OCC[N+](C)(C)C)NC(=O)CCCCCCCCCCCCCCCCCCCCCCCC. The summed E-state index contributed by atoms with van der Waals surface area (Å²) in [6.07, 6.45) is 49.7. The molecule has 3 N–H and O–H groups in total. The molecule has 59 heavy (non-hydrogen) atoms. The second-order valence-corrected chi connectivity index (χ2v) is 20.4. The number of phosphoric ester groups is 1. The van der Waals surface area contributed by atoms with Gasteiger partial charge < -0.3 is 19.8 Å². The van der Waals surface area contributed by atoms with Gasteiger partial charge in [-0.2, -0.15) is 0 Å². The molecule has 0 spiro atoms. The van der Waals surface area contributed by atoms with Crippen molar-refractivity contribution in [2.75, 3.05) is 40.9 Å². The van der Waals surface area contributed by atoms with Crippen LogP contribution in [0.1, 0.15) is 251 Å². The maximum atomic E-state index is 12.9. The van der Waals surface area contributed by atoms with E-state index in [1.165, 1.54) is 180 Å². The number of hydrogen-bond donors (Lipinski definition) is 3. The van der Waals surface area contributed by atoms with Crippen LogP contribution in [0.25, 0.3) is 0 Å². The van der Waals surface area contributed by atoms with Crippen LogP contribution in [-0.4, -0.2) is 73.4 Å². The molecule has 0 aliphatic heterocycles. The van der Waals surface area contributed by atoms with Crippen LogP contribution in [0, 0.1) is 0 Å². The molecule has 0 aromatic heterocycles. The number of allylic oxidation sites excluding steroid dienone is 2. The Morgan fingerprint density at radius 3 is 1.31 bits per heavy atom. The minimum absolute atomic E-state index is 0.0724. The molecule has 8 nitrogen and oxygen atoms in total. The van der Waals surface area contributed by atoms with Crippen molar-refractivity contribution in [3.63, 3.8) is 0 Å². The number of quaternary nitrogens is 1. The minimum atomic E-state index is -4.32. The van der Waals surface area contributed by atoms with Crippen LogP contribution in [0.5, 0.6) is 0 Å². The highest BCUT2D eigenvalue weighted by atomic mass is 31.2. The van der Waals surface area contributed by atoms with Gasteiger partial charge in [0.15, 0.2) is 0 Å². The summed E-state index contributed by atoms with van der Waals surface area (Å²) in [7, 11) is 1.61. The topological polar surface area (TPSA) is 105 Å². The predicted molar refractivity (Wildman–Crippen MR) is 254 cm³/mol. The standard InChI is InChI=1S/C50H101N2O6P/c1-6-8-10-12-14-16-18-20-22-23-24-25-26-27-28-30-32-34-36-38-40-42-44-50(54)51-48(47-58-59(55,56)57-46-45-52(3,4)5)49(53)43-41-39-37-35-33-31-29-21-19-17-15-13-11-9-7-2/h33,35,48-49,53H,6-32,34,36-47H2,1-5H3,(H-,51,54,55,56)/p+1/b35-33+/t48-,49+/m0/s1. The Morgan fingerprint density at radius 2 is 0.915 bits per heavy atom. The average molecular weight is 858 g/mol. The van der Waals surface area contributed by atoms with Gasteiger partial charge in [-0.1, -0.05) is 219 Å². The number of rotatable bonds is 47. The van der Waals surface area contributed by atoms with E-state index in [9.17, 15) is 19.4 Å². The zero-order chi connectivity index (χ0) is 43.6. The smallest absolute Gasteiger partial charge is 0.391 e. The third-order valence-electron chi connectivity index (χ3n) is 11.8. The lowest BCUT2D eigenvalue weighted by Crippen LogP contribution is -2.46. The molecule has 0 saturated carbocycles. The van der Waals surface area contributed by atoms with Crippen LogP contribution in [-0.2, 0) is 18.4 Å². The largest absolute Gasteiger partial charge is 0.472 e. The van der Waals surface area contributed by atoms with Crippen molar-refractivity contribution in [1.29, 1.82) is 0 Å². The quantitative estimate of drug-likeness (QED) is 0.0244. The lowest BCUT2D eigenvalue weighted by Gasteiger charge is -2.26. The highest BCUT2D eigenvalue weighted by Crippen LogP contribution is 2.43. The van der Waals surface area contributed by atoms with E-state index in [1.54, 1.807) is 0 Å². The summed E-state index contributed by atoms with van der Waals surface area (Å²) >= 11 is 0. The van der Waals surface area contributed by atoms with E-state index >= 15 is 0 Å². The molecular weight excluding hydrogens is 756 g/mol. The monoisotopic (exact) mass is 858 g/mol. The molecule has 352 valence electrons. The summed E-state index contributed by atoms with van der Waals surface area (Å²) in [6, 6.07) is -0.771. The number of nitrogens with zero attached hydrogens (tertiary/aromatic N) is 1. The first kappa shape index (κ1) is 58.2. The normalized spacial score (nSPS) is 14.2. The summed E-state index contributed by atoms with van der Waals surface area (Å²) in [5.74, 6) is -0.149. The fourth-order valence-electron chi connectivity index (χ4n) is 7.69. The molecule has 0 aromatic rings. The molecule has 0 rings (SSSR count). The second kappa shape index (κ2) is 42.5. The van der Waals surface area contributed by atoms with E-state index < -0.39 is 20.0 Å². The van der Waals surface area contributed by atoms with Crippen LogP contribution in [0.2, 0.25) is 0 Å². The van der Waals surface area contributed by atoms with Gasteiger partial charge in [0.25, 0.3) is 0 Å². The molecule has 0 heterocycles. The van der Waals surface area contributed by atoms with Crippen LogP contribution < -0.4 is 5.32 Å². The van der Waals surface area contributed by atoms with Crippen LogP contribution in [0.15, 0.2) is 12.2 Å². The van der Waals surface area contributed by atoms with Gasteiger partial charge in [0.2, 0.25) is 5.91 Å². The zero-order valence-corrected chi connectivity index (χ0v) is 40.9. The number of amides is 1. The Balaban J connectivity index is 4.22. The maximum absolute atomic E-state index is 12.9. The molecule has 0 aromatic carbocycles. The van der Waals surface area contributed by atoms with Gasteiger partial charge in [-0.25, -0.2) is 4.57 Å². The first-order valence-electron chi connectivity index (χ1n) is 25.6. The van der Waals surface area contributed by atoms with Gasteiger partial charge in [0.1, 0.15) is 13.2 Å². The van der Waals surface area contributed by atoms with E-state index in [0.29, 0.717) is 23.9 Å². The summed E-state index contributed by atoms with van der Waals surface area (Å²) in [6.45, 7) is 4.90. The molecule has 0 saturated heterocycles. The Morgan fingerprint density at radius 1 is 0.559 bits per heavy atom. The van der Waals surface area contributed by atoms with Crippen LogP contribution >= 0.6 is 7.82 Å². The van der Waals surface area contributed by atoms with Crippen molar-refractivity contribution >= 4 is 13.7 Å². The van der Waals surface area contributed by atoms with Gasteiger partial charge in [-0.3, -0.25) is 13.8 Å². The zero-order valence-electron chi connectivity index (χ0n) is 40.0. The number of unbranched alkanes of at least 4 members (excludes halogenated alkanes) is 32. The second-order valence-electron chi connectivity index (χ2n) is 18.9. The number of hydrogen-bond acceptors (Lipinski definition) is 5. The molecule has 0 aliphatic rings. The molecule has 3 atom stereocenters. The molecule has 0 radical (unpaired) electrons. The molecule has 1 amide bonds. The molecular formula is C50H102N2O6P+. The third kappa shape index (κ3) is 45.1. The first-order valence-corrected chi connectivity index (χ1v) is 27.0. The van der Waals surface area contributed by atoms with Crippen molar-refractivity contribution in [3.05, 3.63) is 12.2 Å². The van der Waals surface area contributed by atoms with Crippen molar-refractivity contribution in [3.8, 4) is 0 Å². The van der Waals surface area contributed by atoms with Crippen molar-refractivity contribution in [1.82, 2.24) is 5.32 Å². The van der Waals surface area contributed by atoms with E-state index in [1.807, 2.05) is 21.1 Å². The lowest BCUT2D eigenvalue weighted by molar-refractivity contribution is -0.870. The Hall–Kier alpha value is -0.760. The average Bonchev–Trinajstić information content (AvgIpc) is 3.19. The summed E-state index contributed by atoms with van der Waals surface area (Å²) < 4.78 is 23.7. The summed E-state index contributed by atoms with van der Waals surface area (Å²) in [4.78, 5) is 23.2. The van der Waals surface area contributed by atoms with Gasteiger partial charge >= 0.3 is 7.82 Å². The molecule has 9 heteroatoms. The lowest BCUT2D eigenvalue weighted by atomic mass is 10.0. The maximum Gasteiger partial charge on any atom is 0.472 e. The van der Waals surface area contributed by atoms with Gasteiger partial charge in [-0.15, -0.1) is 0 Å². The summed E-state index contributed by atoms with van der Waals surface area (Å²) in [5, 5.41) is 14.0. The predicted octanol–water partition coefficient (Wildman–Crippen LogP) is 14.7. The van der Waals surface area contributed by atoms with Crippen molar-refractivity contribution in [2.45, 2.75) is 264 Å². The van der Waals surface area contributed by atoms with Crippen LogP contribution in [0.4, 0.5) is 0 Å². The number of likely N-dealkylation sites (N-methyl/N-ethyl adjacent to an activating group) is 1. The number of nitrogens with one attached hydrogen (secondary N) is 1. The summed E-state index contributed by atoms with van der Waals surface area (Å²) in [5.41, 5.74) is 0. The van der Waals surface area contributed by atoms with Gasteiger partial charge in [0.05, 0.1) is 39.9 Å². The van der Waals surface area contributed by atoms with Crippen molar-refractivity contribution < 1.29 is 32.9 Å². The number of phosphoric acid groups is 1. The number of aliphatic hydroxyl groups is 1.